The summed E-state index contributed by atoms with van der Waals surface area (Å²) < 4.78 is 10.5. The van der Waals surface area contributed by atoms with Gasteiger partial charge >= 0.3 is 0 Å². The largest absolute Gasteiger partial charge is 0.436 e. The Morgan fingerprint density at radius 3 is 2.71 bits per heavy atom. The number of ether oxygens (including phenoxy) is 1. The molecule has 1 aliphatic heterocycles. The minimum atomic E-state index is 0.261. The minimum absolute atomic E-state index is 0.261. The molecular formula is C9H10ClNO3. The number of morpholine rings is 1. The number of nitrogens with zero attached hydrogens (tertiary/aromatic N) is 1. The lowest BCUT2D eigenvalue weighted by Gasteiger charge is -2.26. The molecule has 1 fully saturated rings. The van der Waals surface area contributed by atoms with E-state index in [0.717, 1.165) is 13.1 Å². The van der Waals surface area contributed by atoms with Crippen LogP contribution in [0.2, 0.25) is 5.02 Å². The zero-order valence-electron chi connectivity index (χ0n) is 7.53. The third-order valence-corrected chi connectivity index (χ3v) is 2.37. The van der Waals surface area contributed by atoms with Gasteiger partial charge in [-0.25, -0.2) is 0 Å². The highest BCUT2D eigenvalue weighted by Crippen LogP contribution is 2.29. The van der Waals surface area contributed by atoms with Gasteiger partial charge in [0.1, 0.15) is 5.02 Å². The van der Waals surface area contributed by atoms with Crippen LogP contribution in [0.4, 0.5) is 5.88 Å². The van der Waals surface area contributed by atoms with Crippen LogP contribution in [0, 0.1) is 0 Å². The second-order valence-electron chi connectivity index (χ2n) is 3.02. The maximum Gasteiger partial charge on any atom is 0.215 e. The van der Waals surface area contributed by atoms with E-state index in [1.165, 1.54) is 6.07 Å². The lowest BCUT2D eigenvalue weighted by molar-refractivity contribution is 0.109. The Labute approximate surface area is 86.4 Å². The average Bonchev–Trinajstić information content (AvgIpc) is 2.61. The van der Waals surface area contributed by atoms with Crippen molar-refractivity contribution in [3.8, 4) is 0 Å². The summed E-state index contributed by atoms with van der Waals surface area (Å²) >= 11 is 5.92. The van der Waals surface area contributed by atoms with Gasteiger partial charge in [-0.3, -0.25) is 4.79 Å². The predicted octanol–water partition coefficient (Wildman–Crippen LogP) is 1.58. The van der Waals surface area contributed by atoms with Crippen molar-refractivity contribution < 1.29 is 13.9 Å². The van der Waals surface area contributed by atoms with Crippen LogP contribution in [-0.4, -0.2) is 32.6 Å². The molecule has 0 unspecified atom stereocenters. The topological polar surface area (TPSA) is 42.7 Å². The number of carbonyl (C=O) groups excluding carboxylic acids is 1. The van der Waals surface area contributed by atoms with Crippen LogP contribution in [0.15, 0.2) is 10.5 Å². The van der Waals surface area contributed by atoms with Crippen molar-refractivity contribution in [3.05, 3.63) is 16.8 Å². The average molecular weight is 216 g/mol. The highest BCUT2D eigenvalue weighted by Gasteiger charge is 2.18. The predicted molar refractivity (Wildman–Crippen MR) is 52.1 cm³/mol. The molecule has 1 saturated heterocycles. The Morgan fingerprint density at radius 1 is 1.43 bits per heavy atom. The van der Waals surface area contributed by atoms with Crippen molar-refractivity contribution in [2.75, 3.05) is 31.2 Å². The molecule has 0 bridgehead atoms. The Morgan fingerprint density at radius 2 is 2.14 bits per heavy atom. The van der Waals surface area contributed by atoms with Crippen molar-refractivity contribution in [1.29, 1.82) is 0 Å². The summed E-state index contributed by atoms with van der Waals surface area (Å²) in [6, 6.07) is 1.53. The summed E-state index contributed by atoms with van der Waals surface area (Å²) in [6.07, 6.45) is 0.649. The molecule has 76 valence electrons. The Hall–Kier alpha value is -1.00. The van der Waals surface area contributed by atoms with Gasteiger partial charge in [0.05, 0.1) is 13.2 Å². The van der Waals surface area contributed by atoms with Gasteiger partial charge < -0.3 is 14.1 Å². The number of aldehydes is 1. The van der Waals surface area contributed by atoms with E-state index in [4.69, 9.17) is 20.8 Å². The molecule has 4 nitrogen and oxygen atoms in total. The first-order valence-electron chi connectivity index (χ1n) is 4.38. The van der Waals surface area contributed by atoms with E-state index in [1.807, 2.05) is 4.90 Å². The molecule has 0 aliphatic carbocycles. The highest BCUT2D eigenvalue weighted by molar-refractivity contribution is 6.33. The molecule has 0 aromatic carbocycles. The van der Waals surface area contributed by atoms with E-state index in [-0.39, 0.29) is 5.76 Å². The van der Waals surface area contributed by atoms with E-state index in [0.29, 0.717) is 30.4 Å². The summed E-state index contributed by atoms with van der Waals surface area (Å²) in [4.78, 5) is 12.4. The molecule has 0 spiro atoms. The molecule has 2 rings (SSSR count). The van der Waals surface area contributed by atoms with Crippen LogP contribution < -0.4 is 4.90 Å². The number of furan rings is 1. The first-order valence-corrected chi connectivity index (χ1v) is 4.76. The van der Waals surface area contributed by atoms with Gasteiger partial charge in [-0.2, -0.15) is 0 Å². The minimum Gasteiger partial charge on any atom is -0.436 e. The molecule has 0 radical (unpaired) electrons. The fraction of sp³-hybridized carbons (Fsp3) is 0.444. The van der Waals surface area contributed by atoms with Crippen molar-refractivity contribution in [2.24, 2.45) is 0 Å². The lowest BCUT2D eigenvalue weighted by Crippen LogP contribution is -2.36. The van der Waals surface area contributed by atoms with Gasteiger partial charge in [0.15, 0.2) is 12.0 Å². The Bertz CT molecular complexity index is 331. The maximum atomic E-state index is 10.5. The first-order chi connectivity index (χ1) is 6.81. The number of rotatable bonds is 2. The molecular weight excluding hydrogens is 206 g/mol. The zero-order chi connectivity index (χ0) is 9.97. The van der Waals surface area contributed by atoms with Crippen LogP contribution >= 0.6 is 11.6 Å². The zero-order valence-corrected chi connectivity index (χ0v) is 8.29. The third-order valence-electron chi connectivity index (χ3n) is 2.10. The number of halogens is 1. The number of carbonyl (C=O) groups is 1. The van der Waals surface area contributed by atoms with Crippen molar-refractivity contribution in [2.45, 2.75) is 0 Å². The van der Waals surface area contributed by atoms with Crippen LogP contribution in [0.5, 0.6) is 0 Å². The molecule has 1 aromatic rings. The van der Waals surface area contributed by atoms with E-state index in [1.54, 1.807) is 0 Å². The molecule has 1 aromatic heterocycles. The van der Waals surface area contributed by atoms with E-state index >= 15 is 0 Å². The second kappa shape index (κ2) is 4.02. The SMILES string of the molecule is O=Cc1cc(Cl)c(N2CCOCC2)o1. The van der Waals surface area contributed by atoms with Crippen molar-refractivity contribution >= 4 is 23.8 Å². The van der Waals surface area contributed by atoms with Crippen molar-refractivity contribution in [3.63, 3.8) is 0 Å². The fourth-order valence-corrected chi connectivity index (χ4v) is 1.68. The first kappa shape index (κ1) is 9.55. The smallest absolute Gasteiger partial charge is 0.215 e. The molecule has 2 heterocycles. The quantitative estimate of drug-likeness (QED) is 0.703. The van der Waals surface area contributed by atoms with Crippen LogP contribution in [0.25, 0.3) is 0 Å². The second-order valence-corrected chi connectivity index (χ2v) is 3.43. The molecule has 0 atom stereocenters. The van der Waals surface area contributed by atoms with Gasteiger partial charge in [0.25, 0.3) is 0 Å². The van der Waals surface area contributed by atoms with E-state index in [9.17, 15) is 4.79 Å². The van der Waals surface area contributed by atoms with Gasteiger partial charge in [0.2, 0.25) is 5.88 Å². The number of hydrogen-bond acceptors (Lipinski definition) is 4. The van der Waals surface area contributed by atoms with E-state index in [2.05, 4.69) is 0 Å². The molecule has 0 amide bonds. The molecule has 0 N–H and O–H groups in total. The lowest BCUT2D eigenvalue weighted by atomic mass is 10.4. The van der Waals surface area contributed by atoms with Gasteiger partial charge in [0, 0.05) is 19.2 Å². The van der Waals surface area contributed by atoms with Gasteiger partial charge in [-0.1, -0.05) is 11.6 Å². The van der Waals surface area contributed by atoms with Gasteiger partial charge in [-0.05, 0) is 0 Å². The monoisotopic (exact) mass is 215 g/mol. The summed E-state index contributed by atoms with van der Waals surface area (Å²) in [5.74, 6) is 0.827. The van der Waals surface area contributed by atoms with Crippen LogP contribution in [0.1, 0.15) is 10.6 Å². The normalized spacial score (nSPS) is 17.1. The van der Waals surface area contributed by atoms with Gasteiger partial charge in [-0.15, -0.1) is 0 Å². The Kier molecular flexibility index (Phi) is 2.74. The number of hydrogen-bond donors (Lipinski definition) is 0. The van der Waals surface area contributed by atoms with Crippen molar-refractivity contribution in [1.82, 2.24) is 0 Å². The Balaban J connectivity index is 2.20. The molecule has 5 heteroatoms. The summed E-state index contributed by atoms with van der Waals surface area (Å²) in [5.41, 5.74) is 0. The fourth-order valence-electron chi connectivity index (χ4n) is 1.42. The molecule has 0 saturated carbocycles. The summed E-state index contributed by atoms with van der Waals surface area (Å²) in [5, 5.41) is 0.481. The maximum absolute atomic E-state index is 10.5. The third kappa shape index (κ3) is 1.76. The van der Waals surface area contributed by atoms with Crippen LogP contribution in [0.3, 0.4) is 0 Å². The number of anilines is 1. The van der Waals surface area contributed by atoms with E-state index < -0.39 is 0 Å². The summed E-state index contributed by atoms with van der Waals surface area (Å²) in [7, 11) is 0. The standard InChI is InChI=1S/C9H10ClNO3/c10-8-5-7(6-12)14-9(8)11-1-3-13-4-2-11/h5-6H,1-4H2. The van der Waals surface area contributed by atoms with Crippen LogP contribution in [-0.2, 0) is 4.74 Å². The molecule has 14 heavy (non-hydrogen) atoms. The highest BCUT2D eigenvalue weighted by atomic mass is 35.5. The summed E-state index contributed by atoms with van der Waals surface area (Å²) in [6.45, 7) is 2.80. The molecule has 1 aliphatic rings.